The number of halogens is 3. The molecule has 0 radical (unpaired) electrons. The lowest BCUT2D eigenvalue weighted by Crippen LogP contribution is -2.09. The molecular weight excluding hydrogens is 432 g/mol. The van der Waals surface area contributed by atoms with E-state index < -0.39 is 0 Å². The van der Waals surface area contributed by atoms with E-state index >= 15 is 0 Å². The van der Waals surface area contributed by atoms with E-state index in [-0.39, 0.29) is 0 Å². The van der Waals surface area contributed by atoms with Gasteiger partial charge in [-0.1, -0.05) is 72.1 Å². The molecule has 0 saturated heterocycles. The Morgan fingerprint density at radius 1 is 0.684 bits per heavy atom. The Balaban J connectivity index is 2.00. The van der Waals surface area contributed by atoms with Crippen LogP contribution in [0.3, 0.4) is 0 Å². The lowest BCUT2D eigenvalue weighted by Gasteiger charge is -2.14. The maximum Gasteiger partial charge on any atom is 0.0175 e. The van der Waals surface area contributed by atoms with E-state index in [2.05, 4.69) is 96.3 Å². The molecule has 0 heterocycles. The second kappa shape index (κ2) is 7.61. The van der Waals surface area contributed by atoms with Gasteiger partial charge in [0.15, 0.2) is 0 Å². The summed E-state index contributed by atoms with van der Waals surface area (Å²) in [6.07, 6.45) is 2.21. The number of alkyl halides is 1. The van der Waals surface area contributed by atoms with Crippen LogP contribution in [0.2, 0.25) is 0 Å². The molecule has 0 N–H and O–H groups in total. The zero-order valence-electron chi connectivity index (χ0n) is 10.5. The minimum atomic E-state index is 0.627. The van der Waals surface area contributed by atoms with E-state index in [4.69, 9.17) is 0 Å². The maximum absolute atomic E-state index is 3.64. The van der Waals surface area contributed by atoms with Gasteiger partial charge >= 0.3 is 0 Å². The molecular formula is C16H15Br3. The Morgan fingerprint density at radius 3 is 1.37 bits per heavy atom. The monoisotopic (exact) mass is 444 g/mol. The molecule has 0 fully saturated rings. The van der Waals surface area contributed by atoms with Crippen molar-refractivity contribution in [3.63, 3.8) is 0 Å². The highest BCUT2D eigenvalue weighted by Gasteiger charge is 2.09. The van der Waals surface area contributed by atoms with Crippen molar-refractivity contribution in [2.45, 2.75) is 12.8 Å². The second-order valence-corrected chi connectivity index (χ2v) is 7.16. The SMILES string of the molecule is BrCC(Cc1ccc(Br)cc1)Cc1ccc(Br)cc1. The molecule has 0 aromatic heterocycles. The molecule has 0 unspecified atom stereocenters. The third kappa shape index (κ3) is 5.05. The Labute approximate surface area is 140 Å². The van der Waals surface area contributed by atoms with Crippen molar-refractivity contribution in [2.75, 3.05) is 5.33 Å². The summed E-state index contributed by atoms with van der Waals surface area (Å²) >= 11 is 10.6. The van der Waals surface area contributed by atoms with Gasteiger partial charge in [-0.05, 0) is 54.2 Å². The smallest absolute Gasteiger partial charge is 0.0175 e. The van der Waals surface area contributed by atoms with Crippen molar-refractivity contribution in [2.24, 2.45) is 5.92 Å². The van der Waals surface area contributed by atoms with Gasteiger partial charge in [0, 0.05) is 14.3 Å². The number of hydrogen-bond donors (Lipinski definition) is 0. The lowest BCUT2D eigenvalue weighted by atomic mass is 9.94. The van der Waals surface area contributed by atoms with Crippen LogP contribution in [0.15, 0.2) is 57.5 Å². The van der Waals surface area contributed by atoms with Gasteiger partial charge in [0.05, 0.1) is 0 Å². The van der Waals surface area contributed by atoms with E-state index in [1.165, 1.54) is 11.1 Å². The molecule has 0 aliphatic rings. The summed E-state index contributed by atoms with van der Waals surface area (Å²) in [5, 5.41) is 1.03. The molecule has 2 aromatic carbocycles. The Morgan fingerprint density at radius 2 is 1.05 bits per heavy atom. The lowest BCUT2D eigenvalue weighted by molar-refractivity contribution is 0.591. The molecule has 2 aromatic rings. The summed E-state index contributed by atoms with van der Waals surface area (Å²) in [7, 11) is 0. The fourth-order valence-corrected chi connectivity index (χ4v) is 3.08. The molecule has 3 heteroatoms. The van der Waals surface area contributed by atoms with E-state index in [1.807, 2.05) is 0 Å². The van der Waals surface area contributed by atoms with Gasteiger partial charge in [-0.3, -0.25) is 0 Å². The number of rotatable bonds is 5. The van der Waals surface area contributed by atoms with Gasteiger partial charge < -0.3 is 0 Å². The van der Waals surface area contributed by atoms with Crippen molar-refractivity contribution in [1.82, 2.24) is 0 Å². The average molecular weight is 447 g/mol. The molecule has 19 heavy (non-hydrogen) atoms. The van der Waals surface area contributed by atoms with E-state index in [1.54, 1.807) is 0 Å². The van der Waals surface area contributed by atoms with Gasteiger partial charge in [0.1, 0.15) is 0 Å². The van der Waals surface area contributed by atoms with Crippen LogP contribution >= 0.6 is 47.8 Å². The summed E-state index contributed by atoms with van der Waals surface area (Å²) in [6.45, 7) is 0. The fourth-order valence-electron chi connectivity index (χ4n) is 2.09. The van der Waals surface area contributed by atoms with Crippen LogP contribution in [0.5, 0.6) is 0 Å². The summed E-state index contributed by atoms with van der Waals surface area (Å²) in [5.74, 6) is 0.627. The molecule has 0 spiro atoms. The first kappa shape index (κ1) is 15.3. The third-order valence-corrected chi connectivity index (χ3v) is 5.07. The summed E-state index contributed by atoms with van der Waals surface area (Å²) in [5.41, 5.74) is 2.79. The fraction of sp³-hybridized carbons (Fsp3) is 0.250. The summed E-state index contributed by atoms with van der Waals surface area (Å²) in [4.78, 5) is 0. The largest absolute Gasteiger partial charge is 0.0925 e. The molecule has 0 aliphatic heterocycles. The van der Waals surface area contributed by atoms with Crippen LogP contribution in [0, 0.1) is 5.92 Å². The van der Waals surface area contributed by atoms with Crippen LogP contribution in [0.1, 0.15) is 11.1 Å². The van der Waals surface area contributed by atoms with Gasteiger partial charge in [0.25, 0.3) is 0 Å². The molecule has 0 amide bonds. The topological polar surface area (TPSA) is 0 Å². The number of hydrogen-bond acceptors (Lipinski definition) is 0. The molecule has 100 valence electrons. The first-order chi connectivity index (χ1) is 9.17. The van der Waals surface area contributed by atoms with Crippen LogP contribution in [0.25, 0.3) is 0 Å². The van der Waals surface area contributed by atoms with Gasteiger partial charge in [-0.2, -0.15) is 0 Å². The van der Waals surface area contributed by atoms with Crippen LogP contribution in [-0.2, 0) is 12.8 Å². The minimum absolute atomic E-state index is 0.627. The Kier molecular flexibility index (Phi) is 6.11. The van der Waals surface area contributed by atoms with Crippen LogP contribution < -0.4 is 0 Å². The Bertz CT molecular complexity index is 455. The van der Waals surface area contributed by atoms with E-state index in [0.29, 0.717) is 5.92 Å². The molecule has 0 aliphatic carbocycles. The second-order valence-electron chi connectivity index (χ2n) is 4.68. The predicted molar refractivity (Wildman–Crippen MR) is 93.0 cm³/mol. The van der Waals surface area contributed by atoms with Gasteiger partial charge in [-0.25, -0.2) is 0 Å². The normalized spacial score (nSPS) is 10.9. The van der Waals surface area contributed by atoms with Crippen molar-refractivity contribution in [3.8, 4) is 0 Å². The minimum Gasteiger partial charge on any atom is -0.0925 e. The first-order valence-corrected chi connectivity index (χ1v) is 8.93. The number of benzene rings is 2. The van der Waals surface area contributed by atoms with Crippen molar-refractivity contribution in [1.29, 1.82) is 0 Å². The highest BCUT2D eigenvalue weighted by molar-refractivity contribution is 9.10. The van der Waals surface area contributed by atoms with Crippen molar-refractivity contribution < 1.29 is 0 Å². The molecule has 0 bridgehead atoms. The summed E-state index contributed by atoms with van der Waals surface area (Å²) in [6, 6.07) is 17.2. The highest BCUT2D eigenvalue weighted by atomic mass is 79.9. The van der Waals surface area contributed by atoms with Crippen LogP contribution in [0.4, 0.5) is 0 Å². The maximum atomic E-state index is 3.64. The highest BCUT2D eigenvalue weighted by Crippen LogP contribution is 2.20. The van der Waals surface area contributed by atoms with E-state index in [0.717, 1.165) is 27.1 Å². The van der Waals surface area contributed by atoms with Crippen molar-refractivity contribution >= 4 is 47.8 Å². The molecule has 0 nitrogen and oxygen atoms in total. The standard InChI is InChI=1S/C16H15Br3/c17-11-14(9-12-1-5-15(18)6-2-12)10-13-3-7-16(19)8-4-13/h1-8,14H,9-11H2. The Hall–Kier alpha value is -0.120. The first-order valence-electron chi connectivity index (χ1n) is 6.22. The zero-order valence-corrected chi connectivity index (χ0v) is 15.2. The van der Waals surface area contributed by atoms with Crippen LogP contribution in [-0.4, -0.2) is 5.33 Å². The average Bonchev–Trinajstić information content (AvgIpc) is 2.43. The van der Waals surface area contributed by atoms with Gasteiger partial charge in [0.2, 0.25) is 0 Å². The van der Waals surface area contributed by atoms with E-state index in [9.17, 15) is 0 Å². The molecule has 0 saturated carbocycles. The third-order valence-electron chi connectivity index (χ3n) is 3.09. The van der Waals surface area contributed by atoms with Crippen molar-refractivity contribution in [3.05, 3.63) is 68.6 Å². The summed E-state index contributed by atoms with van der Waals surface area (Å²) < 4.78 is 2.28. The van der Waals surface area contributed by atoms with Gasteiger partial charge in [-0.15, -0.1) is 0 Å². The molecule has 2 rings (SSSR count). The predicted octanol–water partition coefficient (Wildman–Crippen LogP) is 6.01. The zero-order chi connectivity index (χ0) is 13.7. The quantitative estimate of drug-likeness (QED) is 0.493. The molecule has 0 atom stereocenters.